The summed E-state index contributed by atoms with van der Waals surface area (Å²) in [5.41, 5.74) is 9.62. The summed E-state index contributed by atoms with van der Waals surface area (Å²) < 4.78 is 7.80. The minimum Gasteiger partial charge on any atom is -0.493 e. The Balaban J connectivity index is 2.06. The highest BCUT2D eigenvalue weighted by Crippen LogP contribution is 2.38. The van der Waals surface area contributed by atoms with E-state index in [1.165, 1.54) is 5.56 Å². The molecule has 0 fully saturated rings. The van der Waals surface area contributed by atoms with E-state index in [9.17, 15) is 0 Å². The lowest BCUT2D eigenvalue weighted by Gasteiger charge is -2.17. The summed E-state index contributed by atoms with van der Waals surface area (Å²) in [7, 11) is 0. The van der Waals surface area contributed by atoms with E-state index in [0.29, 0.717) is 0 Å². The zero-order valence-electron chi connectivity index (χ0n) is 10.5. The molecule has 0 bridgehead atoms. The second-order valence-corrected chi connectivity index (χ2v) is 7.22. The number of hydrogen-bond donors (Lipinski definition) is 1. The normalized spacial score (nSPS) is 14.8. The van der Waals surface area contributed by atoms with Crippen molar-refractivity contribution in [2.75, 3.05) is 6.61 Å². The van der Waals surface area contributed by atoms with Gasteiger partial charge in [-0.1, -0.05) is 33.6 Å². The summed E-state index contributed by atoms with van der Waals surface area (Å²) in [6.45, 7) is 0.721. The third-order valence-electron chi connectivity index (χ3n) is 3.41. The number of nitrogens with two attached hydrogens (primary N) is 1. The van der Waals surface area contributed by atoms with Crippen LogP contribution in [0.4, 0.5) is 0 Å². The highest BCUT2D eigenvalue weighted by molar-refractivity contribution is 14.1. The Morgan fingerprint density at radius 1 is 1.30 bits per heavy atom. The first-order valence-electron chi connectivity index (χ1n) is 6.22. The lowest BCUT2D eigenvalue weighted by molar-refractivity contribution is 0.352. The molecule has 2 aromatic carbocycles. The van der Waals surface area contributed by atoms with Crippen LogP contribution in [0.2, 0.25) is 5.02 Å². The molecule has 104 valence electrons. The Kier molecular flexibility index (Phi) is 4.26. The van der Waals surface area contributed by atoms with Crippen LogP contribution < -0.4 is 10.5 Å². The van der Waals surface area contributed by atoms with Gasteiger partial charge in [0.2, 0.25) is 0 Å². The molecule has 1 unspecified atom stereocenters. The molecule has 2 nitrogen and oxygen atoms in total. The van der Waals surface area contributed by atoms with Gasteiger partial charge >= 0.3 is 0 Å². The topological polar surface area (TPSA) is 35.2 Å². The van der Waals surface area contributed by atoms with Crippen molar-refractivity contribution in [3.8, 4) is 5.75 Å². The van der Waals surface area contributed by atoms with Gasteiger partial charge in [0.1, 0.15) is 5.75 Å². The molecule has 0 aliphatic carbocycles. The molecule has 20 heavy (non-hydrogen) atoms. The van der Waals surface area contributed by atoms with Gasteiger partial charge in [-0.25, -0.2) is 0 Å². The van der Waals surface area contributed by atoms with Crippen LogP contribution in [0.5, 0.6) is 5.75 Å². The number of hydrogen-bond acceptors (Lipinski definition) is 2. The quantitative estimate of drug-likeness (QED) is 0.655. The van der Waals surface area contributed by atoms with Crippen LogP contribution >= 0.6 is 50.1 Å². The van der Waals surface area contributed by atoms with E-state index in [2.05, 4.69) is 44.6 Å². The molecule has 0 saturated heterocycles. The van der Waals surface area contributed by atoms with Crippen molar-refractivity contribution < 1.29 is 4.74 Å². The third kappa shape index (κ3) is 2.71. The van der Waals surface area contributed by atoms with Crippen LogP contribution in [0.15, 0.2) is 34.8 Å². The van der Waals surface area contributed by atoms with Crippen molar-refractivity contribution >= 4 is 50.1 Å². The number of benzene rings is 2. The fraction of sp³-hybridized carbons (Fsp3) is 0.200. The van der Waals surface area contributed by atoms with Crippen molar-refractivity contribution in [2.45, 2.75) is 12.5 Å². The second-order valence-electron chi connectivity index (χ2n) is 4.73. The Morgan fingerprint density at radius 3 is 2.85 bits per heavy atom. The average Bonchev–Trinajstić information content (AvgIpc) is 2.88. The maximum Gasteiger partial charge on any atom is 0.127 e. The zero-order chi connectivity index (χ0) is 14.3. The number of rotatable bonds is 2. The lowest BCUT2D eigenvalue weighted by atomic mass is 9.97. The monoisotopic (exact) mass is 463 g/mol. The molecule has 5 heteroatoms. The van der Waals surface area contributed by atoms with Crippen molar-refractivity contribution in [2.24, 2.45) is 5.73 Å². The Bertz CT molecular complexity index is 677. The van der Waals surface area contributed by atoms with Gasteiger partial charge in [0.05, 0.1) is 17.7 Å². The maximum absolute atomic E-state index is 6.42. The van der Waals surface area contributed by atoms with E-state index >= 15 is 0 Å². The predicted molar refractivity (Wildman–Crippen MR) is 93.5 cm³/mol. The molecule has 0 saturated carbocycles. The summed E-state index contributed by atoms with van der Waals surface area (Å²) >= 11 is 11.9. The van der Waals surface area contributed by atoms with E-state index in [1.807, 2.05) is 24.3 Å². The first-order chi connectivity index (χ1) is 9.56. The van der Waals surface area contributed by atoms with Crippen molar-refractivity contribution in [3.63, 3.8) is 0 Å². The van der Waals surface area contributed by atoms with E-state index in [-0.39, 0.29) is 6.04 Å². The molecule has 0 radical (unpaired) electrons. The van der Waals surface area contributed by atoms with Crippen LogP contribution in [0.1, 0.15) is 22.7 Å². The lowest BCUT2D eigenvalue weighted by Crippen LogP contribution is -2.13. The molecule has 1 atom stereocenters. The maximum atomic E-state index is 6.42. The van der Waals surface area contributed by atoms with Crippen LogP contribution in [0, 0.1) is 3.57 Å². The smallest absolute Gasteiger partial charge is 0.127 e. The fourth-order valence-corrected chi connectivity index (χ4v) is 3.46. The minimum atomic E-state index is -0.242. The standard InChI is InChI=1S/C15H12BrClINO/c16-10-5-9-3-4-20-15(9)11(7-10)14(19)8-1-2-13(18)12(17)6-8/h1-2,5-7,14H,3-4,19H2. The van der Waals surface area contributed by atoms with E-state index in [0.717, 1.165) is 43.0 Å². The van der Waals surface area contributed by atoms with Gasteiger partial charge in [0.25, 0.3) is 0 Å². The largest absolute Gasteiger partial charge is 0.493 e. The molecule has 0 amide bonds. The number of halogens is 3. The summed E-state index contributed by atoms with van der Waals surface area (Å²) in [5.74, 6) is 0.926. The van der Waals surface area contributed by atoms with Crippen LogP contribution in [-0.2, 0) is 6.42 Å². The van der Waals surface area contributed by atoms with Gasteiger partial charge in [0, 0.05) is 20.0 Å². The average molecular weight is 465 g/mol. The highest BCUT2D eigenvalue weighted by Gasteiger charge is 2.22. The van der Waals surface area contributed by atoms with Gasteiger partial charge < -0.3 is 10.5 Å². The van der Waals surface area contributed by atoms with E-state index < -0.39 is 0 Å². The van der Waals surface area contributed by atoms with E-state index in [1.54, 1.807) is 0 Å². The number of ether oxygens (including phenoxy) is 1. The molecule has 3 rings (SSSR count). The van der Waals surface area contributed by atoms with Gasteiger partial charge in [-0.2, -0.15) is 0 Å². The van der Waals surface area contributed by atoms with Crippen molar-refractivity contribution in [1.29, 1.82) is 0 Å². The summed E-state index contributed by atoms with van der Waals surface area (Å²) in [5, 5.41) is 0.728. The van der Waals surface area contributed by atoms with Crippen molar-refractivity contribution in [3.05, 3.63) is 60.1 Å². The van der Waals surface area contributed by atoms with Crippen LogP contribution in [0.3, 0.4) is 0 Å². The Morgan fingerprint density at radius 2 is 2.10 bits per heavy atom. The summed E-state index contributed by atoms with van der Waals surface area (Å²) in [4.78, 5) is 0. The predicted octanol–water partition coefficient (Wildman–Crippen LogP) is 4.69. The van der Waals surface area contributed by atoms with Gasteiger partial charge in [-0.15, -0.1) is 0 Å². The SMILES string of the molecule is NC(c1ccc(I)c(Cl)c1)c1cc(Br)cc2c1OCC2. The molecule has 2 aromatic rings. The van der Waals surface area contributed by atoms with Gasteiger partial charge in [0.15, 0.2) is 0 Å². The Hall–Kier alpha value is -0.300. The molecule has 0 aromatic heterocycles. The molecule has 1 aliphatic heterocycles. The zero-order valence-corrected chi connectivity index (χ0v) is 15.0. The molecule has 1 aliphatic rings. The first-order valence-corrected chi connectivity index (χ1v) is 8.47. The molecular weight excluding hydrogens is 452 g/mol. The van der Waals surface area contributed by atoms with Gasteiger partial charge in [-0.05, 0) is 58.0 Å². The van der Waals surface area contributed by atoms with E-state index in [4.69, 9.17) is 22.1 Å². The minimum absolute atomic E-state index is 0.242. The Labute approximate surface area is 144 Å². The first kappa shape index (κ1) is 14.6. The fourth-order valence-electron chi connectivity index (χ4n) is 2.41. The van der Waals surface area contributed by atoms with Crippen LogP contribution in [0.25, 0.3) is 0 Å². The summed E-state index contributed by atoms with van der Waals surface area (Å²) in [6.07, 6.45) is 0.932. The van der Waals surface area contributed by atoms with Crippen molar-refractivity contribution in [1.82, 2.24) is 0 Å². The van der Waals surface area contributed by atoms with Crippen LogP contribution in [-0.4, -0.2) is 6.61 Å². The second kappa shape index (κ2) is 5.83. The molecule has 0 spiro atoms. The summed E-state index contributed by atoms with van der Waals surface area (Å²) in [6, 6.07) is 9.81. The van der Waals surface area contributed by atoms with Gasteiger partial charge in [-0.3, -0.25) is 0 Å². The highest BCUT2D eigenvalue weighted by atomic mass is 127. The third-order valence-corrected chi connectivity index (χ3v) is 5.45. The molecule has 1 heterocycles. The number of fused-ring (bicyclic) bond motifs is 1. The molecule has 2 N–H and O–H groups in total. The molecular formula is C15H12BrClINO.